The van der Waals surface area contributed by atoms with Crippen LogP contribution in [-0.2, 0) is 5.54 Å². The molecule has 0 bridgehead atoms. The SMILES string of the molecule is N#CC(NC(=O)NCC(F)(F)F)(c1cc(F)cc(OC(F)(F)C(F)F)c1)c1ccc(Cl)cn1. The zero-order chi connectivity index (χ0) is 25.0. The lowest BCUT2D eigenvalue weighted by Gasteiger charge is -2.29. The lowest BCUT2D eigenvalue weighted by Crippen LogP contribution is -2.52. The Morgan fingerprint density at radius 1 is 1.18 bits per heavy atom. The largest absolute Gasteiger partial charge is 0.461 e. The molecule has 6 nitrogen and oxygen atoms in total. The summed E-state index contributed by atoms with van der Waals surface area (Å²) < 4.78 is 107. The van der Waals surface area contributed by atoms with E-state index in [9.17, 15) is 45.2 Å². The Kier molecular flexibility index (Phi) is 7.58. The Hall–Kier alpha value is -3.34. The Bertz CT molecular complexity index is 1040. The van der Waals surface area contributed by atoms with Crippen LogP contribution in [0.15, 0.2) is 36.5 Å². The number of urea groups is 1. The number of halogens is 9. The van der Waals surface area contributed by atoms with Crippen LogP contribution in [0.2, 0.25) is 5.02 Å². The van der Waals surface area contributed by atoms with E-state index in [0.717, 1.165) is 18.3 Å². The number of nitriles is 1. The summed E-state index contributed by atoms with van der Waals surface area (Å²) in [5.41, 5.74) is -3.68. The lowest BCUT2D eigenvalue weighted by molar-refractivity contribution is -0.253. The van der Waals surface area contributed by atoms with Crippen LogP contribution in [0.1, 0.15) is 11.3 Å². The number of pyridine rings is 1. The molecule has 15 heteroatoms. The van der Waals surface area contributed by atoms with Gasteiger partial charge in [0.25, 0.3) is 0 Å². The van der Waals surface area contributed by atoms with Crippen molar-refractivity contribution in [2.45, 2.75) is 24.2 Å². The molecule has 0 saturated heterocycles. The van der Waals surface area contributed by atoms with Gasteiger partial charge in [-0.25, -0.2) is 9.18 Å². The van der Waals surface area contributed by atoms with Gasteiger partial charge < -0.3 is 15.4 Å². The monoisotopic (exact) mass is 502 g/mol. The van der Waals surface area contributed by atoms with E-state index in [1.807, 2.05) is 5.32 Å². The minimum Gasteiger partial charge on any atom is -0.428 e. The van der Waals surface area contributed by atoms with Crippen molar-refractivity contribution in [2.75, 3.05) is 6.54 Å². The quantitative estimate of drug-likeness (QED) is 0.536. The van der Waals surface area contributed by atoms with Crippen LogP contribution in [0.5, 0.6) is 5.75 Å². The molecule has 2 amide bonds. The average molecular weight is 503 g/mol. The van der Waals surface area contributed by atoms with Crippen molar-refractivity contribution in [3.8, 4) is 11.8 Å². The van der Waals surface area contributed by atoms with Gasteiger partial charge in [0.2, 0.25) is 0 Å². The topological polar surface area (TPSA) is 87.0 Å². The summed E-state index contributed by atoms with van der Waals surface area (Å²) in [4.78, 5) is 15.9. The zero-order valence-electron chi connectivity index (χ0n) is 15.9. The van der Waals surface area contributed by atoms with E-state index in [-0.39, 0.29) is 5.02 Å². The number of aromatic nitrogens is 1. The fourth-order valence-corrected chi connectivity index (χ4v) is 2.58. The lowest BCUT2D eigenvalue weighted by atomic mass is 9.87. The molecule has 1 unspecified atom stereocenters. The van der Waals surface area contributed by atoms with Crippen molar-refractivity contribution in [1.82, 2.24) is 15.6 Å². The van der Waals surface area contributed by atoms with Crippen molar-refractivity contribution < 1.29 is 44.7 Å². The molecule has 0 fully saturated rings. The number of alkyl halides is 7. The molecule has 0 radical (unpaired) electrons. The van der Waals surface area contributed by atoms with Gasteiger partial charge in [-0.3, -0.25) is 4.98 Å². The van der Waals surface area contributed by atoms with Crippen LogP contribution in [-0.4, -0.2) is 36.3 Å². The van der Waals surface area contributed by atoms with E-state index in [1.54, 1.807) is 0 Å². The Labute approximate surface area is 185 Å². The van der Waals surface area contributed by atoms with Crippen molar-refractivity contribution in [2.24, 2.45) is 0 Å². The van der Waals surface area contributed by atoms with Gasteiger partial charge >= 0.3 is 24.7 Å². The van der Waals surface area contributed by atoms with Gasteiger partial charge in [-0.05, 0) is 24.3 Å². The van der Waals surface area contributed by atoms with E-state index < -0.39 is 59.6 Å². The van der Waals surface area contributed by atoms with Crippen molar-refractivity contribution >= 4 is 17.6 Å². The van der Waals surface area contributed by atoms with Crippen LogP contribution in [0.4, 0.5) is 39.9 Å². The highest BCUT2D eigenvalue weighted by Gasteiger charge is 2.45. The fourth-order valence-electron chi connectivity index (χ4n) is 2.47. The smallest absolute Gasteiger partial charge is 0.428 e. The molecule has 0 spiro atoms. The summed E-state index contributed by atoms with van der Waals surface area (Å²) in [6.45, 7) is -1.81. The summed E-state index contributed by atoms with van der Waals surface area (Å²) in [7, 11) is 0. The second-order valence-corrected chi connectivity index (χ2v) is 6.72. The molecule has 0 aliphatic rings. The van der Waals surface area contributed by atoms with Crippen LogP contribution in [0.3, 0.4) is 0 Å². The van der Waals surface area contributed by atoms with Gasteiger partial charge in [0, 0.05) is 17.8 Å². The molecule has 1 aromatic heterocycles. The van der Waals surface area contributed by atoms with E-state index in [4.69, 9.17) is 11.6 Å². The molecule has 2 N–H and O–H groups in total. The first-order chi connectivity index (χ1) is 15.2. The molecule has 0 saturated carbocycles. The second-order valence-electron chi connectivity index (χ2n) is 6.29. The van der Waals surface area contributed by atoms with Gasteiger partial charge in [-0.2, -0.15) is 36.0 Å². The maximum atomic E-state index is 14.2. The Morgan fingerprint density at radius 3 is 2.36 bits per heavy atom. The van der Waals surface area contributed by atoms with Crippen molar-refractivity contribution in [3.63, 3.8) is 0 Å². The number of hydrogen-bond donors (Lipinski definition) is 2. The highest BCUT2D eigenvalue weighted by Crippen LogP contribution is 2.34. The van der Waals surface area contributed by atoms with Gasteiger partial charge in [0.15, 0.2) is 5.54 Å². The molecule has 1 heterocycles. The zero-order valence-corrected chi connectivity index (χ0v) is 16.6. The molecular formula is C18H11ClF8N4O2. The summed E-state index contributed by atoms with van der Waals surface area (Å²) in [5.74, 6) is -2.53. The van der Waals surface area contributed by atoms with Crippen molar-refractivity contribution in [3.05, 3.63) is 58.6 Å². The van der Waals surface area contributed by atoms with Gasteiger partial charge in [-0.15, -0.1) is 0 Å². The third kappa shape index (κ3) is 6.58. The van der Waals surface area contributed by atoms with Gasteiger partial charge in [-0.1, -0.05) is 11.6 Å². The molecule has 178 valence electrons. The Morgan fingerprint density at radius 2 is 1.85 bits per heavy atom. The summed E-state index contributed by atoms with van der Waals surface area (Å²) >= 11 is 5.70. The first-order valence-corrected chi connectivity index (χ1v) is 8.88. The predicted molar refractivity (Wildman–Crippen MR) is 96.2 cm³/mol. The third-order valence-corrected chi connectivity index (χ3v) is 4.07. The first-order valence-electron chi connectivity index (χ1n) is 8.50. The number of carbonyl (C=O) groups is 1. The van der Waals surface area contributed by atoms with Crippen LogP contribution >= 0.6 is 11.6 Å². The van der Waals surface area contributed by atoms with E-state index >= 15 is 0 Å². The maximum absolute atomic E-state index is 14.2. The highest BCUT2D eigenvalue weighted by molar-refractivity contribution is 6.30. The van der Waals surface area contributed by atoms with Crippen molar-refractivity contribution in [1.29, 1.82) is 5.26 Å². The molecule has 0 aliphatic carbocycles. The summed E-state index contributed by atoms with van der Waals surface area (Å²) in [6.07, 6.45) is -13.2. The number of benzene rings is 1. The normalized spacial score (nSPS) is 13.7. The van der Waals surface area contributed by atoms with E-state index in [0.29, 0.717) is 18.2 Å². The minimum absolute atomic E-state index is 0.0342. The van der Waals surface area contributed by atoms with Gasteiger partial charge in [0.1, 0.15) is 24.2 Å². The number of ether oxygens (including phenoxy) is 1. The Balaban J connectivity index is 2.59. The molecule has 33 heavy (non-hydrogen) atoms. The summed E-state index contributed by atoms with van der Waals surface area (Å²) in [5, 5.41) is 13.1. The van der Waals surface area contributed by atoms with Gasteiger partial charge in [0.05, 0.1) is 10.7 Å². The first kappa shape index (κ1) is 25.9. The molecule has 2 aromatic rings. The number of amides is 2. The number of nitrogens with zero attached hydrogens (tertiary/aromatic N) is 2. The van der Waals surface area contributed by atoms with Crippen LogP contribution in [0, 0.1) is 17.1 Å². The highest BCUT2D eigenvalue weighted by atomic mass is 35.5. The number of rotatable bonds is 7. The molecule has 1 atom stereocenters. The molecular weight excluding hydrogens is 492 g/mol. The molecule has 0 aliphatic heterocycles. The predicted octanol–water partition coefficient (Wildman–Crippen LogP) is 4.74. The standard InChI is InChI=1S/C18H11ClF8N4O2/c19-10-1-2-13(29-6-10)16(7-28,31-15(32)30-8-17(23,24)25)9-3-11(20)5-12(4-9)33-18(26,27)14(21)22/h1-6,14H,8H2,(H2,30,31,32). The number of carbonyl (C=O) groups excluding carboxylic acids is 1. The maximum Gasteiger partial charge on any atom is 0.461 e. The third-order valence-electron chi connectivity index (χ3n) is 3.84. The fraction of sp³-hybridized carbons (Fsp3) is 0.278. The molecule has 1 aromatic carbocycles. The minimum atomic E-state index is -5.05. The van der Waals surface area contributed by atoms with E-state index in [2.05, 4.69) is 9.72 Å². The second kappa shape index (κ2) is 9.65. The average Bonchev–Trinajstić information content (AvgIpc) is 2.70. The summed E-state index contributed by atoms with van der Waals surface area (Å²) in [6, 6.07) is 3.49. The van der Waals surface area contributed by atoms with E-state index in [1.165, 1.54) is 11.4 Å². The number of hydrogen-bond acceptors (Lipinski definition) is 4. The van der Waals surface area contributed by atoms with Crippen LogP contribution < -0.4 is 15.4 Å². The molecule has 2 rings (SSSR count). The number of nitrogens with one attached hydrogen (secondary N) is 2. The van der Waals surface area contributed by atoms with Crippen LogP contribution in [0.25, 0.3) is 0 Å².